The van der Waals surface area contributed by atoms with Gasteiger partial charge in [-0.15, -0.1) is 0 Å². The Morgan fingerprint density at radius 2 is 0.772 bits per heavy atom. The van der Waals surface area contributed by atoms with Crippen LogP contribution >= 0.6 is 0 Å². The first kappa shape index (κ1) is 33.3. The van der Waals surface area contributed by atoms with Crippen molar-refractivity contribution < 1.29 is 0 Å². The quantitative estimate of drug-likeness (QED) is 0.155. The van der Waals surface area contributed by atoms with Gasteiger partial charge in [0.15, 0.2) is 0 Å². The van der Waals surface area contributed by atoms with E-state index in [9.17, 15) is 0 Å². The molecule has 0 atom stereocenters. The number of rotatable bonds is 5. The van der Waals surface area contributed by atoms with Crippen LogP contribution in [0.2, 0.25) is 0 Å². The van der Waals surface area contributed by atoms with Crippen LogP contribution in [0.4, 0.5) is 0 Å². The van der Waals surface area contributed by atoms with Crippen molar-refractivity contribution in [3.63, 3.8) is 0 Å². The van der Waals surface area contributed by atoms with Gasteiger partial charge in [-0.25, -0.2) is 0 Å². The second-order valence-electron chi connectivity index (χ2n) is 16.1. The zero-order valence-corrected chi connectivity index (χ0v) is 32.1. The van der Waals surface area contributed by atoms with Gasteiger partial charge >= 0.3 is 0 Å². The minimum Gasteiger partial charge on any atom is -0.0622 e. The molecular weight excluding hydrogens is 685 g/mol. The van der Waals surface area contributed by atoms with Crippen LogP contribution in [0, 0.1) is 0 Å². The highest BCUT2D eigenvalue weighted by molar-refractivity contribution is 6.16. The summed E-state index contributed by atoms with van der Waals surface area (Å²) in [6.45, 7) is 4.75. The van der Waals surface area contributed by atoms with Crippen molar-refractivity contribution in [2.45, 2.75) is 19.3 Å². The van der Waals surface area contributed by atoms with Gasteiger partial charge in [0, 0.05) is 5.41 Å². The van der Waals surface area contributed by atoms with Gasteiger partial charge in [-0.2, -0.15) is 0 Å². The molecule has 0 heteroatoms. The predicted octanol–water partition coefficient (Wildman–Crippen LogP) is 15.8. The van der Waals surface area contributed by atoms with Crippen LogP contribution in [-0.4, -0.2) is 0 Å². The number of fused-ring (bicyclic) bond motifs is 7. The molecule has 0 aliphatic heterocycles. The van der Waals surface area contributed by atoms with Crippen molar-refractivity contribution >= 4 is 32.3 Å². The molecule has 10 aromatic carbocycles. The Bertz CT molecular complexity index is 3180. The summed E-state index contributed by atoms with van der Waals surface area (Å²) in [5.74, 6) is 0. The van der Waals surface area contributed by atoms with E-state index < -0.39 is 0 Å². The van der Waals surface area contributed by atoms with Gasteiger partial charge in [0.25, 0.3) is 0 Å². The fourth-order valence-electron chi connectivity index (χ4n) is 9.46. The molecule has 0 nitrogen and oxygen atoms in total. The molecule has 268 valence electrons. The van der Waals surface area contributed by atoms with Crippen LogP contribution in [0.3, 0.4) is 0 Å². The fourth-order valence-corrected chi connectivity index (χ4v) is 9.46. The Morgan fingerprint density at radius 1 is 0.246 bits per heavy atom. The zero-order chi connectivity index (χ0) is 38.1. The van der Waals surface area contributed by atoms with Gasteiger partial charge in [0.05, 0.1) is 0 Å². The molecule has 0 N–H and O–H groups in total. The maximum atomic E-state index is 2.47. The van der Waals surface area contributed by atoms with E-state index in [1.165, 1.54) is 110 Å². The molecular formula is C57H40. The van der Waals surface area contributed by atoms with Crippen molar-refractivity contribution in [1.82, 2.24) is 0 Å². The summed E-state index contributed by atoms with van der Waals surface area (Å²) in [6.07, 6.45) is 0. The van der Waals surface area contributed by atoms with Gasteiger partial charge < -0.3 is 0 Å². The highest BCUT2D eigenvalue weighted by Crippen LogP contribution is 2.50. The van der Waals surface area contributed by atoms with E-state index in [0.717, 1.165) is 0 Å². The van der Waals surface area contributed by atoms with Crippen molar-refractivity contribution in [3.05, 3.63) is 217 Å². The van der Waals surface area contributed by atoms with Gasteiger partial charge in [0.1, 0.15) is 0 Å². The first-order valence-electron chi connectivity index (χ1n) is 20.0. The molecule has 1 aliphatic carbocycles. The zero-order valence-electron chi connectivity index (χ0n) is 32.1. The molecule has 0 heterocycles. The molecule has 0 saturated heterocycles. The van der Waals surface area contributed by atoms with E-state index in [4.69, 9.17) is 0 Å². The van der Waals surface area contributed by atoms with E-state index in [0.29, 0.717) is 0 Å². The number of hydrogen-bond acceptors (Lipinski definition) is 0. The Kier molecular flexibility index (Phi) is 7.63. The Hall–Kier alpha value is -7.02. The van der Waals surface area contributed by atoms with Crippen LogP contribution in [0.25, 0.3) is 99.1 Å². The first-order valence-corrected chi connectivity index (χ1v) is 20.0. The highest BCUT2D eigenvalue weighted by Gasteiger charge is 2.35. The average molecular weight is 725 g/mol. The van der Waals surface area contributed by atoms with E-state index in [1.807, 2.05) is 0 Å². The summed E-state index contributed by atoms with van der Waals surface area (Å²) < 4.78 is 0. The maximum absolute atomic E-state index is 2.47. The molecule has 0 unspecified atom stereocenters. The summed E-state index contributed by atoms with van der Waals surface area (Å²) in [7, 11) is 0. The van der Waals surface area contributed by atoms with Crippen LogP contribution < -0.4 is 0 Å². The second kappa shape index (κ2) is 13.0. The summed E-state index contributed by atoms with van der Waals surface area (Å²) in [4.78, 5) is 0. The fraction of sp³-hybridized carbons (Fsp3) is 0.0526. The highest BCUT2D eigenvalue weighted by atomic mass is 14.4. The van der Waals surface area contributed by atoms with Gasteiger partial charge in [0.2, 0.25) is 0 Å². The third-order valence-corrected chi connectivity index (χ3v) is 12.4. The maximum Gasteiger partial charge on any atom is 0.0159 e. The minimum atomic E-state index is -0.0909. The number of hydrogen-bond donors (Lipinski definition) is 0. The summed E-state index contributed by atoms with van der Waals surface area (Å²) in [6, 6.07) is 76.6. The lowest BCUT2D eigenvalue weighted by molar-refractivity contribution is 0.660. The van der Waals surface area contributed by atoms with Gasteiger partial charge in [-0.1, -0.05) is 178 Å². The second-order valence-corrected chi connectivity index (χ2v) is 16.1. The van der Waals surface area contributed by atoms with Crippen molar-refractivity contribution in [1.29, 1.82) is 0 Å². The Balaban J connectivity index is 1.15. The molecule has 11 rings (SSSR count). The average Bonchev–Trinajstić information content (AvgIpc) is 3.51. The lowest BCUT2D eigenvalue weighted by Crippen LogP contribution is -2.14. The van der Waals surface area contributed by atoms with Crippen LogP contribution in [0.5, 0.6) is 0 Å². The molecule has 0 radical (unpaired) electrons. The Morgan fingerprint density at radius 3 is 1.54 bits per heavy atom. The van der Waals surface area contributed by atoms with E-state index in [2.05, 4.69) is 220 Å². The summed E-state index contributed by atoms with van der Waals surface area (Å²) >= 11 is 0. The normalized spacial score (nSPS) is 12.9. The lowest BCUT2D eigenvalue weighted by atomic mass is 9.81. The molecule has 0 aromatic heterocycles. The standard InChI is InChI=1S/C57H40/c1-57(2)55-23-12-11-22-49(55)50-29-26-45(36-56(50)57)53-35-46-31-43(40-21-13-20-39(30-40)37-14-5-3-6-15-37)24-27-47(46)48-28-25-44(34-54(48)53)52-33-42-19-10-9-18-41(42)32-51(52)38-16-7-4-8-17-38/h3-36H,1-2H3. The van der Waals surface area contributed by atoms with Crippen LogP contribution in [0.1, 0.15) is 25.0 Å². The largest absolute Gasteiger partial charge is 0.0622 e. The summed E-state index contributed by atoms with van der Waals surface area (Å²) in [5, 5.41) is 7.53. The summed E-state index contributed by atoms with van der Waals surface area (Å²) in [5.41, 5.74) is 17.7. The first-order chi connectivity index (χ1) is 28.0. The molecule has 57 heavy (non-hydrogen) atoms. The number of benzene rings is 10. The monoisotopic (exact) mass is 724 g/mol. The molecule has 0 spiro atoms. The van der Waals surface area contributed by atoms with Crippen LogP contribution in [0.15, 0.2) is 206 Å². The topological polar surface area (TPSA) is 0 Å². The van der Waals surface area contributed by atoms with E-state index >= 15 is 0 Å². The third kappa shape index (κ3) is 5.52. The van der Waals surface area contributed by atoms with Gasteiger partial charge in [-0.3, -0.25) is 0 Å². The molecule has 0 bridgehead atoms. The Labute approximate surface area is 334 Å². The third-order valence-electron chi connectivity index (χ3n) is 12.4. The minimum absolute atomic E-state index is 0.0909. The lowest BCUT2D eigenvalue weighted by Gasteiger charge is -2.22. The van der Waals surface area contributed by atoms with Gasteiger partial charge in [-0.05, 0) is 153 Å². The molecule has 1 aliphatic rings. The van der Waals surface area contributed by atoms with Crippen molar-refractivity contribution in [3.8, 4) is 66.8 Å². The molecule has 0 saturated carbocycles. The molecule has 10 aromatic rings. The van der Waals surface area contributed by atoms with Crippen LogP contribution in [-0.2, 0) is 5.41 Å². The van der Waals surface area contributed by atoms with Crippen molar-refractivity contribution in [2.24, 2.45) is 0 Å². The molecule has 0 fully saturated rings. The predicted molar refractivity (Wildman–Crippen MR) is 244 cm³/mol. The van der Waals surface area contributed by atoms with E-state index in [-0.39, 0.29) is 5.41 Å². The van der Waals surface area contributed by atoms with E-state index in [1.54, 1.807) is 0 Å². The van der Waals surface area contributed by atoms with Crippen molar-refractivity contribution in [2.75, 3.05) is 0 Å². The smallest absolute Gasteiger partial charge is 0.0159 e. The molecule has 0 amide bonds. The SMILES string of the molecule is CC1(C)c2ccccc2-c2ccc(-c3cc4cc(-c5cccc(-c6ccccc6)c5)ccc4c4ccc(-c5cc6ccccc6cc5-c5ccccc5)cc34)cc21.